The molecule has 1 aromatic heterocycles. The Morgan fingerprint density at radius 3 is 2.87 bits per heavy atom. The van der Waals surface area contributed by atoms with Gasteiger partial charge in [-0.1, -0.05) is 18.2 Å². The maximum atomic E-state index is 10.3. The minimum absolute atomic E-state index is 0.168. The van der Waals surface area contributed by atoms with Crippen LogP contribution in [0.25, 0.3) is 10.9 Å². The van der Waals surface area contributed by atoms with E-state index in [1.54, 1.807) is 6.07 Å². The Morgan fingerprint density at radius 2 is 2.13 bits per heavy atom. The number of aryl methyl sites for hydroxylation is 1. The molecule has 0 radical (unpaired) electrons. The van der Waals surface area contributed by atoms with Gasteiger partial charge in [0.2, 0.25) is 0 Å². The zero-order chi connectivity index (χ0) is 10.8. The van der Waals surface area contributed by atoms with Crippen LogP contribution in [-0.4, -0.2) is 10.1 Å². The average Bonchev–Trinajstić information content (AvgIpc) is 2.18. The van der Waals surface area contributed by atoms with Crippen LogP contribution in [0.2, 0.25) is 0 Å². The van der Waals surface area contributed by atoms with Crippen molar-refractivity contribution in [2.75, 3.05) is 0 Å². The van der Waals surface area contributed by atoms with Crippen LogP contribution in [-0.2, 0) is 0 Å². The van der Waals surface area contributed by atoms with Gasteiger partial charge < -0.3 is 0 Å². The molecule has 0 bridgehead atoms. The van der Waals surface area contributed by atoms with Crippen LogP contribution >= 0.6 is 0 Å². The van der Waals surface area contributed by atoms with Crippen molar-refractivity contribution in [3.8, 4) is 5.75 Å². The van der Waals surface area contributed by atoms with Crippen molar-refractivity contribution in [3.63, 3.8) is 0 Å². The summed E-state index contributed by atoms with van der Waals surface area (Å²) in [4.78, 5) is 18.9. The quantitative estimate of drug-likeness (QED) is 0.555. The molecule has 5 nitrogen and oxygen atoms in total. The predicted octanol–water partition coefficient (Wildman–Crippen LogP) is 2.11. The molecular formula is C10H8N2O3. The van der Waals surface area contributed by atoms with Crippen LogP contribution in [0, 0.1) is 17.0 Å². The Kier molecular flexibility index (Phi) is 2.21. The molecule has 0 fully saturated rings. The van der Waals surface area contributed by atoms with Gasteiger partial charge in [-0.3, -0.25) is 9.82 Å². The molecule has 76 valence electrons. The highest BCUT2D eigenvalue weighted by Gasteiger charge is 2.06. The van der Waals surface area contributed by atoms with E-state index in [1.807, 2.05) is 25.1 Å². The molecule has 0 aliphatic heterocycles. The van der Waals surface area contributed by atoms with Gasteiger partial charge in [-0.25, -0.2) is 0 Å². The van der Waals surface area contributed by atoms with Gasteiger partial charge in [0, 0.05) is 11.1 Å². The van der Waals surface area contributed by atoms with E-state index in [0.29, 0.717) is 5.52 Å². The summed E-state index contributed by atoms with van der Waals surface area (Å²) in [6, 6.07) is 8.74. The lowest BCUT2D eigenvalue weighted by atomic mass is 10.2. The van der Waals surface area contributed by atoms with Crippen molar-refractivity contribution >= 4 is 10.9 Å². The van der Waals surface area contributed by atoms with E-state index >= 15 is 0 Å². The molecule has 0 saturated heterocycles. The van der Waals surface area contributed by atoms with Crippen molar-refractivity contribution in [3.05, 3.63) is 46.1 Å². The van der Waals surface area contributed by atoms with E-state index in [0.717, 1.165) is 11.1 Å². The Bertz CT molecular complexity index is 525. The second kappa shape index (κ2) is 3.53. The Hall–Kier alpha value is -2.17. The van der Waals surface area contributed by atoms with Crippen LogP contribution in [0.4, 0.5) is 0 Å². The van der Waals surface area contributed by atoms with Crippen molar-refractivity contribution in [2.45, 2.75) is 6.92 Å². The molecule has 0 saturated carbocycles. The summed E-state index contributed by atoms with van der Waals surface area (Å²) in [5.41, 5.74) is 1.30. The summed E-state index contributed by atoms with van der Waals surface area (Å²) in [7, 11) is 0. The minimum Gasteiger partial charge on any atom is -0.274 e. The summed E-state index contributed by atoms with van der Waals surface area (Å²) in [6.07, 6.45) is 0. The van der Waals surface area contributed by atoms with Crippen LogP contribution in [0.5, 0.6) is 5.75 Å². The van der Waals surface area contributed by atoms with Crippen molar-refractivity contribution in [2.24, 2.45) is 0 Å². The third-order valence-corrected chi connectivity index (χ3v) is 2.00. The molecule has 2 rings (SSSR count). The topological polar surface area (TPSA) is 65.3 Å². The lowest BCUT2D eigenvalue weighted by molar-refractivity contribution is -0.710. The first-order chi connectivity index (χ1) is 7.16. The first-order valence-electron chi connectivity index (χ1n) is 4.35. The number of benzene rings is 1. The number of nitrogens with zero attached hydrogens (tertiary/aromatic N) is 2. The van der Waals surface area contributed by atoms with Crippen LogP contribution in [0.15, 0.2) is 30.3 Å². The zero-order valence-corrected chi connectivity index (χ0v) is 8.01. The summed E-state index contributed by atoms with van der Waals surface area (Å²) < 4.78 is 0. The SMILES string of the molecule is Cc1ccc2cccc(O[N+](=O)[O-])c2n1. The number of para-hydroxylation sites is 1. The molecule has 15 heavy (non-hydrogen) atoms. The lowest BCUT2D eigenvalue weighted by Gasteiger charge is -2.03. The first-order valence-corrected chi connectivity index (χ1v) is 4.35. The number of hydrogen-bond donors (Lipinski definition) is 0. The fraction of sp³-hybridized carbons (Fsp3) is 0.100. The Morgan fingerprint density at radius 1 is 1.33 bits per heavy atom. The number of fused-ring (bicyclic) bond motifs is 1. The standard InChI is InChI=1S/C10H8N2O3/c1-7-5-6-8-3-2-4-9(10(8)11-7)15-12(13)14/h2-6H,1H3. The van der Waals surface area contributed by atoms with Gasteiger partial charge >= 0.3 is 0 Å². The van der Waals surface area contributed by atoms with E-state index in [-0.39, 0.29) is 5.75 Å². The zero-order valence-electron chi connectivity index (χ0n) is 8.01. The third kappa shape index (κ3) is 1.85. The van der Waals surface area contributed by atoms with Gasteiger partial charge in [0.15, 0.2) is 5.75 Å². The molecular weight excluding hydrogens is 196 g/mol. The van der Waals surface area contributed by atoms with E-state index in [4.69, 9.17) is 0 Å². The van der Waals surface area contributed by atoms with E-state index in [1.165, 1.54) is 6.07 Å². The molecule has 2 aromatic rings. The summed E-state index contributed by atoms with van der Waals surface area (Å²) in [5.74, 6) is 0.168. The van der Waals surface area contributed by atoms with Gasteiger partial charge in [0.1, 0.15) is 5.52 Å². The van der Waals surface area contributed by atoms with Gasteiger partial charge in [0.25, 0.3) is 5.09 Å². The molecule has 0 amide bonds. The minimum atomic E-state index is -0.835. The highest BCUT2D eigenvalue weighted by molar-refractivity contribution is 5.84. The molecule has 0 aliphatic carbocycles. The monoisotopic (exact) mass is 204 g/mol. The van der Waals surface area contributed by atoms with E-state index in [2.05, 4.69) is 9.82 Å². The van der Waals surface area contributed by atoms with Crippen molar-refractivity contribution < 1.29 is 9.92 Å². The van der Waals surface area contributed by atoms with Crippen molar-refractivity contribution in [1.29, 1.82) is 0 Å². The fourth-order valence-electron chi connectivity index (χ4n) is 1.37. The Labute approximate surface area is 85.4 Å². The highest BCUT2D eigenvalue weighted by Crippen LogP contribution is 2.23. The number of aromatic nitrogens is 1. The molecule has 1 aromatic carbocycles. The second-order valence-electron chi connectivity index (χ2n) is 3.10. The predicted molar refractivity (Wildman–Crippen MR) is 54.1 cm³/mol. The van der Waals surface area contributed by atoms with Crippen LogP contribution < -0.4 is 4.84 Å². The normalized spacial score (nSPS) is 10.2. The molecule has 0 N–H and O–H groups in total. The van der Waals surface area contributed by atoms with Crippen molar-refractivity contribution in [1.82, 2.24) is 4.98 Å². The highest BCUT2D eigenvalue weighted by atomic mass is 17.0. The first kappa shape index (κ1) is 9.39. The maximum Gasteiger partial charge on any atom is 0.299 e. The van der Waals surface area contributed by atoms with Gasteiger partial charge in [-0.2, -0.15) is 0 Å². The smallest absolute Gasteiger partial charge is 0.274 e. The van der Waals surface area contributed by atoms with Gasteiger partial charge in [0.05, 0.1) is 0 Å². The fourth-order valence-corrected chi connectivity index (χ4v) is 1.37. The number of pyridine rings is 1. The van der Waals surface area contributed by atoms with E-state index in [9.17, 15) is 10.1 Å². The molecule has 0 aliphatic rings. The van der Waals surface area contributed by atoms with Crippen LogP contribution in [0.1, 0.15) is 5.69 Å². The molecule has 0 unspecified atom stereocenters. The lowest BCUT2D eigenvalue weighted by Crippen LogP contribution is -2.04. The van der Waals surface area contributed by atoms with Gasteiger partial charge in [-0.05, 0) is 19.1 Å². The van der Waals surface area contributed by atoms with Crippen LogP contribution in [0.3, 0.4) is 0 Å². The summed E-state index contributed by atoms with van der Waals surface area (Å²) in [5, 5.41) is 10.2. The Balaban J connectivity index is 2.63. The largest absolute Gasteiger partial charge is 0.299 e. The summed E-state index contributed by atoms with van der Waals surface area (Å²) in [6.45, 7) is 1.82. The third-order valence-electron chi connectivity index (χ3n) is 2.00. The summed E-state index contributed by atoms with van der Waals surface area (Å²) >= 11 is 0. The number of rotatable bonds is 2. The molecule has 0 spiro atoms. The second-order valence-corrected chi connectivity index (χ2v) is 3.10. The van der Waals surface area contributed by atoms with E-state index < -0.39 is 5.09 Å². The van der Waals surface area contributed by atoms with Gasteiger partial charge in [-0.15, -0.1) is 10.1 Å². The molecule has 1 heterocycles. The number of hydrogen-bond acceptors (Lipinski definition) is 4. The maximum absolute atomic E-state index is 10.3. The molecule has 5 heteroatoms. The molecule has 0 atom stereocenters. The average molecular weight is 204 g/mol.